The highest BCUT2D eigenvalue weighted by atomic mass is 35.5. The molecule has 1 unspecified atom stereocenters. The van der Waals surface area contributed by atoms with E-state index in [9.17, 15) is 15.0 Å². The fourth-order valence-corrected chi connectivity index (χ4v) is 5.26. The number of nitrogens with zero attached hydrogens (tertiary/aromatic N) is 2. The number of aromatic hydroxyl groups is 2. The fourth-order valence-electron chi connectivity index (χ4n) is 5.09. The number of hydrogen-bond acceptors (Lipinski definition) is 7. The number of hydrogen-bond donors (Lipinski definition) is 3. The molecule has 1 aliphatic heterocycles. The zero-order valence-electron chi connectivity index (χ0n) is 22.6. The molecular weight excluding hydrogens is 534 g/mol. The summed E-state index contributed by atoms with van der Waals surface area (Å²) in [6.07, 6.45) is 0.535. The quantitative estimate of drug-likeness (QED) is 0.241. The summed E-state index contributed by atoms with van der Waals surface area (Å²) in [6.45, 7) is 4.36. The van der Waals surface area contributed by atoms with E-state index < -0.39 is 6.04 Å². The molecule has 0 spiro atoms. The summed E-state index contributed by atoms with van der Waals surface area (Å²) in [5.74, 6) is 1.31. The first-order chi connectivity index (χ1) is 19.3. The van der Waals surface area contributed by atoms with Crippen LogP contribution in [0.3, 0.4) is 0 Å². The van der Waals surface area contributed by atoms with Gasteiger partial charge < -0.3 is 29.3 Å². The van der Waals surface area contributed by atoms with Crippen molar-refractivity contribution in [2.45, 2.75) is 26.3 Å². The van der Waals surface area contributed by atoms with Gasteiger partial charge in [-0.05, 0) is 73.4 Å². The number of ether oxygens (including phenoxy) is 3. The van der Waals surface area contributed by atoms with Crippen LogP contribution in [0.4, 0.5) is 0 Å². The number of carbonyl (C=O) groups is 1. The number of aromatic nitrogens is 2. The van der Waals surface area contributed by atoms with Gasteiger partial charge in [0.25, 0.3) is 5.91 Å². The third-order valence-electron chi connectivity index (χ3n) is 7.08. The van der Waals surface area contributed by atoms with Crippen LogP contribution >= 0.6 is 11.6 Å². The van der Waals surface area contributed by atoms with E-state index in [1.165, 1.54) is 0 Å². The zero-order chi connectivity index (χ0) is 28.6. The number of H-pyrrole nitrogens is 1. The molecule has 2 heterocycles. The molecule has 0 radical (unpaired) electrons. The van der Waals surface area contributed by atoms with Crippen molar-refractivity contribution < 1.29 is 29.2 Å². The molecule has 0 saturated carbocycles. The van der Waals surface area contributed by atoms with Crippen LogP contribution in [0, 0.1) is 6.92 Å². The summed E-state index contributed by atoms with van der Waals surface area (Å²) in [6, 6.07) is 13.3. The van der Waals surface area contributed by atoms with Crippen molar-refractivity contribution in [3.05, 3.63) is 81.5 Å². The minimum absolute atomic E-state index is 0.00222. The van der Waals surface area contributed by atoms with E-state index in [1.807, 2.05) is 25.1 Å². The number of phenols is 2. The Balaban J connectivity index is 1.60. The monoisotopic (exact) mass is 563 g/mol. The Bertz CT molecular complexity index is 1580. The minimum atomic E-state index is -0.573. The van der Waals surface area contributed by atoms with Crippen LogP contribution in [0.15, 0.2) is 48.5 Å². The van der Waals surface area contributed by atoms with E-state index in [4.69, 9.17) is 25.8 Å². The third-order valence-corrected chi connectivity index (χ3v) is 7.49. The van der Waals surface area contributed by atoms with Gasteiger partial charge in [-0.25, -0.2) is 0 Å². The lowest BCUT2D eigenvalue weighted by Gasteiger charge is -2.27. The molecule has 208 valence electrons. The number of aryl methyl sites for hydroxylation is 1. The van der Waals surface area contributed by atoms with E-state index in [0.29, 0.717) is 64.4 Å². The van der Waals surface area contributed by atoms with Crippen molar-refractivity contribution in [3.63, 3.8) is 0 Å². The summed E-state index contributed by atoms with van der Waals surface area (Å²) in [5, 5.41) is 29.0. The standard InChI is InChI=1S/C30H30ClN3O6/c1-5-40-24-14-18(7-8-21(24)35)29-26-27(19-15-20(31)16(2)12-22(19)36)32-33-28(26)30(37)34(29)11-10-17-6-9-23(38-3)25(13-17)39-4/h6-9,12-15,29,35-36H,5,10-11H2,1-4H3,(H,32,33). The topological polar surface area (TPSA) is 117 Å². The van der Waals surface area contributed by atoms with Crippen molar-refractivity contribution in [2.75, 3.05) is 27.4 Å². The lowest BCUT2D eigenvalue weighted by Crippen LogP contribution is -2.31. The maximum absolute atomic E-state index is 13.8. The molecule has 1 aromatic heterocycles. The second-order valence-electron chi connectivity index (χ2n) is 9.48. The van der Waals surface area contributed by atoms with Crippen molar-refractivity contribution in [2.24, 2.45) is 0 Å². The Labute approximate surface area is 236 Å². The Morgan fingerprint density at radius 3 is 2.50 bits per heavy atom. The number of carbonyl (C=O) groups excluding carboxylic acids is 1. The molecule has 3 N–H and O–H groups in total. The maximum Gasteiger partial charge on any atom is 0.273 e. The predicted molar refractivity (Wildman–Crippen MR) is 151 cm³/mol. The molecule has 10 heteroatoms. The van der Waals surface area contributed by atoms with Crippen molar-refractivity contribution in [1.82, 2.24) is 15.1 Å². The van der Waals surface area contributed by atoms with Gasteiger partial charge >= 0.3 is 0 Å². The highest BCUT2D eigenvalue weighted by molar-refractivity contribution is 6.31. The van der Waals surface area contributed by atoms with Crippen LogP contribution in [-0.4, -0.2) is 58.6 Å². The molecule has 4 aromatic rings. The van der Waals surface area contributed by atoms with E-state index in [0.717, 1.165) is 16.7 Å². The summed E-state index contributed by atoms with van der Waals surface area (Å²) < 4.78 is 16.4. The van der Waals surface area contributed by atoms with Gasteiger partial charge in [-0.1, -0.05) is 23.7 Å². The molecule has 0 bridgehead atoms. The van der Waals surface area contributed by atoms with Crippen molar-refractivity contribution >= 4 is 17.5 Å². The Kier molecular flexibility index (Phi) is 7.49. The summed E-state index contributed by atoms with van der Waals surface area (Å²) in [5.41, 5.74) is 4.18. The van der Waals surface area contributed by atoms with Gasteiger partial charge in [-0.3, -0.25) is 9.89 Å². The lowest BCUT2D eigenvalue weighted by atomic mass is 9.94. The third kappa shape index (κ3) is 4.77. The molecule has 40 heavy (non-hydrogen) atoms. The van der Waals surface area contributed by atoms with Gasteiger partial charge in [0, 0.05) is 22.7 Å². The second-order valence-corrected chi connectivity index (χ2v) is 9.89. The van der Waals surface area contributed by atoms with Gasteiger partial charge in [0.05, 0.1) is 26.9 Å². The molecule has 0 saturated heterocycles. The second kappa shape index (κ2) is 11.0. The SMILES string of the molecule is CCOc1cc(C2c3c(-c4cc(Cl)c(C)cc4O)n[nH]c3C(=O)N2CCc2ccc(OC)c(OC)c2)ccc1O. The fraction of sp³-hybridized carbons (Fsp3) is 0.267. The Morgan fingerprint density at radius 1 is 1.00 bits per heavy atom. The van der Waals surface area contributed by atoms with Crippen LogP contribution in [-0.2, 0) is 6.42 Å². The van der Waals surface area contributed by atoms with Crippen LogP contribution < -0.4 is 14.2 Å². The number of benzene rings is 3. The molecular formula is C30H30ClN3O6. The van der Waals surface area contributed by atoms with Crippen molar-refractivity contribution in [1.29, 1.82) is 0 Å². The van der Waals surface area contributed by atoms with Crippen LogP contribution in [0.5, 0.6) is 28.7 Å². The van der Waals surface area contributed by atoms with E-state index in [-0.39, 0.29) is 17.4 Å². The minimum Gasteiger partial charge on any atom is -0.507 e. The van der Waals surface area contributed by atoms with Gasteiger partial charge in [0.1, 0.15) is 17.1 Å². The Hall–Kier alpha value is -4.37. The molecule has 9 nitrogen and oxygen atoms in total. The molecule has 1 atom stereocenters. The van der Waals surface area contributed by atoms with Gasteiger partial charge in [-0.2, -0.15) is 5.10 Å². The normalized spacial score (nSPS) is 14.4. The Morgan fingerprint density at radius 2 is 1.77 bits per heavy atom. The van der Waals surface area contributed by atoms with Crippen LogP contribution in [0.1, 0.15) is 45.7 Å². The molecule has 1 aliphatic rings. The average Bonchev–Trinajstić information content (AvgIpc) is 3.49. The molecule has 0 aliphatic carbocycles. The molecule has 1 amide bonds. The van der Waals surface area contributed by atoms with Crippen LogP contribution in [0.25, 0.3) is 11.3 Å². The van der Waals surface area contributed by atoms with Gasteiger partial charge in [-0.15, -0.1) is 0 Å². The summed E-state index contributed by atoms with van der Waals surface area (Å²) in [7, 11) is 3.16. The number of rotatable bonds is 9. The highest BCUT2D eigenvalue weighted by Gasteiger charge is 2.42. The first-order valence-electron chi connectivity index (χ1n) is 12.8. The average molecular weight is 564 g/mol. The number of fused-ring (bicyclic) bond motifs is 1. The maximum atomic E-state index is 13.8. The van der Waals surface area contributed by atoms with Gasteiger partial charge in [0.2, 0.25) is 0 Å². The number of phenolic OH excluding ortho intramolecular Hbond substituents is 2. The van der Waals surface area contributed by atoms with E-state index in [1.54, 1.807) is 56.4 Å². The largest absolute Gasteiger partial charge is 0.507 e. The number of halogens is 1. The summed E-state index contributed by atoms with van der Waals surface area (Å²) in [4.78, 5) is 15.5. The first-order valence-corrected chi connectivity index (χ1v) is 13.2. The molecule has 5 rings (SSSR count). The molecule has 3 aromatic carbocycles. The number of methoxy groups -OCH3 is 2. The molecule has 0 fully saturated rings. The lowest BCUT2D eigenvalue weighted by molar-refractivity contribution is 0.0745. The number of amides is 1. The smallest absolute Gasteiger partial charge is 0.273 e. The van der Waals surface area contributed by atoms with E-state index in [2.05, 4.69) is 10.2 Å². The highest BCUT2D eigenvalue weighted by Crippen LogP contribution is 2.46. The van der Waals surface area contributed by atoms with Crippen LogP contribution in [0.2, 0.25) is 5.02 Å². The van der Waals surface area contributed by atoms with Gasteiger partial charge in [0.15, 0.2) is 23.0 Å². The number of aromatic amines is 1. The van der Waals surface area contributed by atoms with E-state index >= 15 is 0 Å². The summed E-state index contributed by atoms with van der Waals surface area (Å²) >= 11 is 6.41. The predicted octanol–water partition coefficient (Wildman–Crippen LogP) is 5.65. The zero-order valence-corrected chi connectivity index (χ0v) is 23.4. The van der Waals surface area contributed by atoms with Crippen molar-refractivity contribution in [3.8, 4) is 40.0 Å². The first kappa shape index (κ1) is 27.2. The number of nitrogens with one attached hydrogen (secondary N) is 1.